The zero-order valence-corrected chi connectivity index (χ0v) is 17.6. The van der Waals surface area contributed by atoms with Gasteiger partial charge in [0.25, 0.3) is 0 Å². The Hall–Kier alpha value is -1.38. The number of hydrogen-bond donors (Lipinski definition) is 0. The van der Waals surface area contributed by atoms with E-state index in [1.807, 2.05) is 41.5 Å². The van der Waals surface area contributed by atoms with Crippen LogP contribution in [-0.2, 0) is 19.3 Å². The molecule has 0 atom stereocenters. The van der Waals surface area contributed by atoms with Gasteiger partial charge in [-0.05, 0) is 39.7 Å². The number of benzene rings is 1. The van der Waals surface area contributed by atoms with Gasteiger partial charge in [0.05, 0.1) is 22.6 Å². The van der Waals surface area contributed by atoms with Gasteiger partial charge in [-0.2, -0.15) is 0 Å². The summed E-state index contributed by atoms with van der Waals surface area (Å²) in [5.74, 6) is -0.265. The smallest absolute Gasteiger partial charge is 0.398 e. The molecule has 1 saturated heterocycles. The van der Waals surface area contributed by atoms with E-state index in [-0.39, 0.29) is 11.5 Å². The highest BCUT2D eigenvalue weighted by Gasteiger charge is 2.54. The molecule has 8 heteroatoms. The molecule has 0 amide bonds. The quantitative estimate of drug-likeness (QED) is 0.731. The third-order valence-corrected chi connectivity index (χ3v) is 7.11. The fourth-order valence-electron chi connectivity index (χ4n) is 3.26. The molecule has 0 aromatic heterocycles. The Morgan fingerprint density at radius 1 is 1.19 bits per heavy atom. The topological polar surface area (TPSA) is 55.8 Å². The number of halogens is 1. The molecule has 0 aliphatic carbocycles. The molecule has 1 aromatic carbocycles. The molecule has 0 radical (unpaired) electrons. The lowest BCUT2D eigenvalue weighted by molar-refractivity contribution is 0.00578. The fraction of sp³-hybridized carbons (Fsp3) is 0.579. The van der Waals surface area contributed by atoms with E-state index >= 15 is 4.39 Å². The minimum absolute atomic E-state index is 0.115. The number of para-hydroxylation sites is 1. The zero-order valence-electron chi connectivity index (χ0n) is 16.7. The minimum Gasteiger partial charge on any atom is -0.398 e. The Balaban J connectivity index is 2.10. The molecule has 0 N–H and O–H groups in total. The lowest BCUT2D eigenvalue weighted by atomic mass is 9.83. The van der Waals surface area contributed by atoms with Crippen molar-refractivity contribution >= 4 is 28.4 Å². The molecular formula is C19H27BFNO4S. The third-order valence-electron chi connectivity index (χ3n) is 5.44. The van der Waals surface area contributed by atoms with Crippen molar-refractivity contribution in [1.29, 1.82) is 0 Å². The molecule has 0 saturated carbocycles. The first-order chi connectivity index (χ1) is 12.4. The summed E-state index contributed by atoms with van der Waals surface area (Å²) in [6.07, 6.45) is 0. The number of hydrogen-bond acceptors (Lipinski definition) is 4. The average Bonchev–Trinajstić information content (AvgIpc) is 2.77. The largest absolute Gasteiger partial charge is 0.525 e. The maximum absolute atomic E-state index is 15.4. The average molecular weight is 395 g/mol. The third kappa shape index (κ3) is 3.55. The minimum atomic E-state index is -3.69. The van der Waals surface area contributed by atoms with Crippen LogP contribution in [0.4, 0.5) is 10.1 Å². The molecule has 5 nitrogen and oxygen atoms in total. The van der Waals surface area contributed by atoms with Crippen molar-refractivity contribution in [2.45, 2.75) is 52.7 Å². The van der Waals surface area contributed by atoms with Crippen LogP contribution in [0.5, 0.6) is 0 Å². The van der Waals surface area contributed by atoms with Gasteiger partial charge in [0.1, 0.15) is 5.73 Å². The molecule has 3 rings (SSSR count). The molecule has 0 bridgehead atoms. The highest BCUT2D eigenvalue weighted by atomic mass is 32.2. The molecule has 2 aliphatic rings. The predicted molar refractivity (Wildman–Crippen MR) is 107 cm³/mol. The standard InChI is InChI=1S/C19H27BFNO4S/c1-13(2)11-22-16-10-8-7-9-14(16)15(12-27(22,23)24)17(21)20-25-18(3,4)19(5,6)26-20/h7-10,13H,11-12H2,1-6H3. The predicted octanol–water partition coefficient (Wildman–Crippen LogP) is 3.80. The molecule has 2 aliphatic heterocycles. The molecule has 0 unspecified atom stereocenters. The lowest BCUT2D eigenvalue weighted by Gasteiger charge is -2.33. The van der Waals surface area contributed by atoms with Crippen LogP contribution in [0.3, 0.4) is 0 Å². The SMILES string of the molecule is CC(C)CN1c2ccccc2C(=C(F)B2OC(C)(C)C(C)(C)O2)CS1(=O)=O. The molecule has 148 valence electrons. The van der Waals surface area contributed by atoms with E-state index in [4.69, 9.17) is 9.31 Å². The highest BCUT2D eigenvalue weighted by Crippen LogP contribution is 2.43. The van der Waals surface area contributed by atoms with Gasteiger partial charge in [-0.25, -0.2) is 12.8 Å². The summed E-state index contributed by atoms with van der Waals surface area (Å²) in [5, 5.41) is 0. The summed E-state index contributed by atoms with van der Waals surface area (Å²) in [5.41, 5.74) is -0.893. The first kappa shape index (κ1) is 20.4. The van der Waals surface area contributed by atoms with Crippen LogP contribution in [0.1, 0.15) is 47.1 Å². The summed E-state index contributed by atoms with van der Waals surface area (Å²) in [7, 11) is -4.91. The molecule has 0 spiro atoms. The Kier molecular flexibility index (Phi) is 4.98. The molecular weight excluding hydrogens is 368 g/mol. The number of fused-ring (bicyclic) bond motifs is 1. The lowest BCUT2D eigenvalue weighted by Crippen LogP contribution is -2.41. The van der Waals surface area contributed by atoms with Crippen LogP contribution >= 0.6 is 0 Å². The molecule has 1 aromatic rings. The summed E-state index contributed by atoms with van der Waals surface area (Å²) in [6, 6.07) is 7.00. The van der Waals surface area contributed by atoms with Gasteiger partial charge in [0.15, 0.2) is 0 Å². The Morgan fingerprint density at radius 2 is 1.74 bits per heavy atom. The summed E-state index contributed by atoms with van der Waals surface area (Å²) >= 11 is 0. The van der Waals surface area contributed by atoms with Gasteiger partial charge in [0.2, 0.25) is 10.0 Å². The second kappa shape index (κ2) is 6.60. The van der Waals surface area contributed by atoms with Gasteiger partial charge in [-0.3, -0.25) is 4.31 Å². The number of sulfonamides is 1. The first-order valence-corrected chi connectivity index (χ1v) is 10.8. The van der Waals surface area contributed by atoms with Gasteiger partial charge in [-0.15, -0.1) is 0 Å². The van der Waals surface area contributed by atoms with Gasteiger partial charge in [-0.1, -0.05) is 32.0 Å². The van der Waals surface area contributed by atoms with Crippen molar-refractivity contribution in [3.8, 4) is 0 Å². The van der Waals surface area contributed by atoms with Crippen molar-refractivity contribution in [2.24, 2.45) is 5.92 Å². The Morgan fingerprint density at radius 3 is 2.30 bits per heavy atom. The van der Waals surface area contributed by atoms with E-state index in [2.05, 4.69) is 0 Å². The van der Waals surface area contributed by atoms with Crippen molar-refractivity contribution < 1.29 is 22.1 Å². The van der Waals surface area contributed by atoms with Crippen molar-refractivity contribution in [2.75, 3.05) is 16.6 Å². The van der Waals surface area contributed by atoms with Gasteiger partial charge in [0, 0.05) is 17.7 Å². The number of anilines is 1. The monoisotopic (exact) mass is 395 g/mol. The van der Waals surface area contributed by atoms with E-state index in [9.17, 15) is 8.42 Å². The Bertz CT molecular complexity index is 863. The highest BCUT2D eigenvalue weighted by molar-refractivity contribution is 7.93. The van der Waals surface area contributed by atoms with Gasteiger partial charge < -0.3 is 9.31 Å². The fourth-order valence-corrected chi connectivity index (χ4v) is 5.06. The van der Waals surface area contributed by atoms with Gasteiger partial charge >= 0.3 is 7.12 Å². The second-order valence-corrected chi connectivity index (χ2v) is 10.5. The van der Waals surface area contributed by atoms with Crippen molar-refractivity contribution in [1.82, 2.24) is 0 Å². The van der Waals surface area contributed by atoms with E-state index in [1.54, 1.807) is 24.3 Å². The normalized spacial score (nSPS) is 24.9. The Labute approximate surface area is 161 Å². The maximum atomic E-state index is 15.4. The molecule has 1 fully saturated rings. The van der Waals surface area contributed by atoms with Crippen molar-refractivity contribution in [3.63, 3.8) is 0 Å². The second-order valence-electron chi connectivity index (χ2n) is 8.61. The van der Waals surface area contributed by atoms with Crippen LogP contribution in [0, 0.1) is 5.92 Å². The zero-order chi connectivity index (χ0) is 20.2. The van der Waals surface area contributed by atoms with Crippen LogP contribution in [0.2, 0.25) is 0 Å². The first-order valence-electron chi connectivity index (χ1n) is 9.20. The molecule has 27 heavy (non-hydrogen) atoms. The summed E-state index contributed by atoms with van der Waals surface area (Å²) in [6.45, 7) is 11.6. The van der Waals surface area contributed by atoms with E-state index in [0.29, 0.717) is 17.8 Å². The number of rotatable bonds is 3. The van der Waals surface area contributed by atoms with Crippen molar-refractivity contribution in [3.05, 3.63) is 35.6 Å². The summed E-state index contributed by atoms with van der Waals surface area (Å²) in [4.78, 5) is 0. The van der Waals surface area contributed by atoms with Crippen LogP contribution in [-0.4, -0.2) is 39.0 Å². The van der Waals surface area contributed by atoms with Crippen LogP contribution < -0.4 is 4.31 Å². The van der Waals surface area contributed by atoms with Crippen LogP contribution in [0.15, 0.2) is 30.0 Å². The molecule has 2 heterocycles. The summed E-state index contributed by atoms with van der Waals surface area (Å²) < 4.78 is 54.2. The van der Waals surface area contributed by atoms with E-state index < -0.39 is 39.8 Å². The van der Waals surface area contributed by atoms with Crippen LogP contribution in [0.25, 0.3) is 5.57 Å². The van der Waals surface area contributed by atoms with E-state index in [1.165, 1.54) is 4.31 Å². The maximum Gasteiger partial charge on any atom is 0.525 e. The van der Waals surface area contributed by atoms with E-state index in [0.717, 1.165) is 0 Å². The number of nitrogens with zero attached hydrogens (tertiary/aromatic N) is 1.